The molecule has 2 bridgehead atoms. The second kappa shape index (κ2) is 16.6. The highest BCUT2D eigenvalue weighted by atomic mass is 35.5. The fourth-order valence-electron chi connectivity index (χ4n) is 9.65. The van der Waals surface area contributed by atoms with Crippen molar-refractivity contribution in [2.75, 3.05) is 65.7 Å². The van der Waals surface area contributed by atoms with E-state index in [0.29, 0.717) is 35.4 Å². The van der Waals surface area contributed by atoms with Gasteiger partial charge >= 0.3 is 18.2 Å². The van der Waals surface area contributed by atoms with Gasteiger partial charge in [-0.3, -0.25) is 9.80 Å². The summed E-state index contributed by atoms with van der Waals surface area (Å²) in [5, 5.41) is 1.14. The summed E-state index contributed by atoms with van der Waals surface area (Å²) in [5.41, 5.74) is -0.976. The van der Waals surface area contributed by atoms with Gasteiger partial charge in [-0.15, -0.1) is 6.42 Å². The van der Waals surface area contributed by atoms with Gasteiger partial charge in [0.15, 0.2) is 12.6 Å². The molecule has 1 aromatic heterocycles. The van der Waals surface area contributed by atoms with Crippen LogP contribution in [0.3, 0.4) is 0 Å². The third-order valence-electron chi connectivity index (χ3n) is 12.3. The molecule has 4 saturated heterocycles. The molecule has 61 heavy (non-hydrogen) atoms. The van der Waals surface area contributed by atoms with Gasteiger partial charge in [0, 0.05) is 56.7 Å². The van der Waals surface area contributed by atoms with Gasteiger partial charge in [-0.2, -0.15) is 9.97 Å². The minimum Gasteiger partial charge on any atom is -0.468 e. The molecule has 4 aromatic rings. The van der Waals surface area contributed by atoms with Crippen molar-refractivity contribution in [2.24, 2.45) is 0 Å². The van der Waals surface area contributed by atoms with E-state index in [1.807, 2.05) is 30.6 Å². The number of hydrogen-bond acceptors (Lipinski definition) is 11. The first kappa shape index (κ1) is 42.5. The number of aromatic nitrogens is 2. The number of amides is 2. The van der Waals surface area contributed by atoms with Crippen LogP contribution in [-0.4, -0.2) is 127 Å². The summed E-state index contributed by atoms with van der Waals surface area (Å²) in [4.78, 5) is 43.0. The molecule has 2 unspecified atom stereocenters. The van der Waals surface area contributed by atoms with Crippen LogP contribution in [0.4, 0.5) is 24.2 Å². The fraction of sp³-hybridized carbons (Fsp3) is 0.511. The number of methoxy groups -OCH3 is 1. The average Bonchev–Trinajstić information content (AvgIpc) is 3.87. The third-order valence-corrected chi connectivity index (χ3v) is 12.6. The molecule has 4 atom stereocenters. The lowest BCUT2D eigenvalue weighted by molar-refractivity contribution is 0.0122. The lowest BCUT2D eigenvalue weighted by atomic mass is 9.93. The molecule has 324 valence electrons. The van der Waals surface area contributed by atoms with Crippen LogP contribution in [0, 0.1) is 24.0 Å². The summed E-state index contributed by atoms with van der Waals surface area (Å²) in [6.07, 6.45) is 10.0. The van der Waals surface area contributed by atoms with Crippen LogP contribution in [0.2, 0.25) is 5.02 Å². The Morgan fingerprint density at radius 1 is 1.05 bits per heavy atom. The number of benzene rings is 3. The highest BCUT2D eigenvalue weighted by molar-refractivity contribution is 6.35. The van der Waals surface area contributed by atoms with E-state index in [4.69, 9.17) is 51.7 Å². The smallest absolute Gasteiger partial charge is 0.410 e. The number of hydrogen-bond donors (Lipinski definition) is 0. The molecule has 4 aliphatic rings. The van der Waals surface area contributed by atoms with Crippen molar-refractivity contribution in [2.45, 2.75) is 88.6 Å². The molecule has 16 heteroatoms. The Hall–Kier alpha value is -5.17. The molecule has 0 radical (unpaired) electrons. The predicted molar refractivity (Wildman–Crippen MR) is 227 cm³/mol. The van der Waals surface area contributed by atoms with Gasteiger partial charge in [0.2, 0.25) is 0 Å². The fourth-order valence-corrected chi connectivity index (χ4v) is 9.94. The third kappa shape index (κ3) is 8.06. The van der Waals surface area contributed by atoms with E-state index in [9.17, 15) is 9.59 Å². The van der Waals surface area contributed by atoms with Crippen LogP contribution >= 0.6 is 11.6 Å². The van der Waals surface area contributed by atoms with Crippen molar-refractivity contribution in [1.29, 1.82) is 0 Å². The Morgan fingerprint density at radius 2 is 1.80 bits per heavy atom. The first-order valence-corrected chi connectivity index (χ1v) is 21.0. The van der Waals surface area contributed by atoms with Gasteiger partial charge in [-0.25, -0.2) is 18.4 Å². The largest absolute Gasteiger partial charge is 0.468 e. The molecule has 0 aliphatic carbocycles. The maximum Gasteiger partial charge on any atom is 0.410 e. The first-order valence-electron chi connectivity index (χ1n) is 20.7. The van der Waals surface area contributed by atoms with Gasteiger partial charge in [-0.1, -0.05) is 23.6 Å². The Morgan fingerprint density at radius 3 is 2.49 bits per heavy atom. The van der Waals surface area contributed by atoms with Gasteiger partial charge in [0.1, 0.15) is 41.7 Å². The zero-order valence-corrected chi connectivity index (χ0v) is 36.1. The number of terminal acetylenes is 1. The van der Waals surface area contributed by atoms with E-state index in [0.717, 1.165) is 45.1 Å². The van der Waals surface area contributed by atoms with Crippen LogP contribution in [0.15, 0.2) is 30.3 Å². The zero-order valence-electron chi connectivity index (χ0n) is 35.4. The molecule has 0 spiro atoms. The van der Waals surface area contributed by atoms with E-state index in [1.165, 1.54) is 18.1 Å². The van der Waals surface area contributed by atoms with Gasteiger partial charge in [-0.05, 0) is 101 Å². The Balaban J connectivity index is 1.22. The summed E-state index contributed by atoms with van der Waals surface area (Å²) in [6.45, 7) is 7.55. The van der Waals surface area contributed by atoms with E-state index in [-0.39, 0.29) is 88.4 Å². The molecule has 3 aromatic carbocycles. The molecule has 5 heterocycles. The van der Waals surface area contributed by atoms with E-state index in [2.05, 4.69) is 10.8 Å². The Bertz CT molecular complexity index is 2410. The van der Waals surface area contributed by atoms with Gasteiger partial charge in [0.05, 0.1) is 28.2 Å². The molecular weight excluding hydrogens is 810 g/mol. The highest BCUT2D eigenvalue weighted by Crippen LogP contribution is 2.46. The monoisotopic (exact) mass is 860 g/mol. The minimum atomic E-state index is -0.784. The number of fused-ring (bicyclic) bond motifs is 5. The van der Waals surface area contributed by atoms with E-state index < -0.39 is 23.3 Å². The van der Waals surface area contributed by atoms with Crippen molar-refractivity contribution in [3.63, 3.8) is 0 Å². The number of ether oxygens (including phenoxy) is 5. The van der Waals surface area contributed by atoms with Crippen molar-refractivity contribution in [3.8, 4) is 35.2 Å². The van der Waals surface area contributed by atoms with E-state index >= 15 is 8.78 Å². The van der Waals surface area contributed by atoms with Crippen LogP contribution in [-0.2, 0) is 14.2 Å². The first-order chi connectivity index (χ1) is 29.1. The van der Waals surface area contributed by atoms with Crippen molar-refractivity contribution in [1.82, 2.24) is 24.7 Å². The maximum absolute atomic E-state index is 17.7. The van der Waals surface area contributed by atoms with Crippen LogP contribution in [0.5, 0.6) is 11.8 Å². The summed E-state index contributed by atoms with van der Waals surface area (Å²) in [5.74, 6) is 1.74. The second-order valence-electron chi connectivity index (χ2n) is 17.6. The number of carbonyl (C=O) groups excluding carboxylic acids is 2. The number of rotatable bonds is 10. The lowest BCUT2D eigenvalue weighted by Gasteiger charge is -2.42. The molecule has 0 N–H and O–H groups in total. The quantitative estimate of drug-likeness (QED) is 0.114. The number of piperazine rings is 1. The molecule has 2 amide bonds. The SMILES string of the molecule is C#Cc1c(F)ccc2cc(OCOC)cc(-c3c(Cl)cc4c(N5C[C@H]6CC[C@@H](C5)N6C(=O)OC(C)(C)C)nc(OCC56CCCN5C(COC(=O)N(C)C)CC6)nc4c3F)c12. The summed E-state index contributed by atoms with van der Waals surface area (Å²) in [7, 11) is 4.78. The molecule has 13 nitrogen and oxygen atoms in total. The lowest BCUT2D eigenvalue weighted by Crippen LogP contribution is -2.57. The highest BCUT2D eigenvalue weighted by Gasteiger charge is 2.50. The average molecular weight is 861 g/mol. The van der Waals surface area contributed by atoms with Crippen molar-refractivity contribution in [3.05, 3.63) is 52.6 Å². The predicted octanol–water partition coefficient (Wildman–Crippen LogP) is 8.01. The van der Waals surface area contributed by atoms with Gasteiger partial charge < -0.3 is 33.5 Å². The summed E-state index contributed by atoms with van der Waals surface area (Å²) in [6, 6.07) is 7.30. The molecule has 4 aliphatic heterocycles. The summed E-state index contributed by atoms with van der Waals surface area (Å²) >= 11 is 7.10. The Labute approximate surface area is 359 Å². The Kier molecular flexibility index (Phi) is 11.6. The standard InChI is InChI=1S/C45H51ClF2N6O7/c1-8-31-35(47)13-10-26-18-30(60-25-57-7)19-32(36(26)31)37-34(46)20-33-39(38(37)48)49-41(59-24-45-15-9-17-53(45)29(14-16-45)23-58-42(55)51(5)6)50-40(33)52-21-27-11-12-28(22-52)54(27)43(56)61-44(2,3)4/h1,10,13,18-20,27-29H,9,11-12,14-17,21-25H2,2-7H3/t27-,28+,29?,45?. The zero-order chi connectivity index (χ0) is 43.4. The minimum absolute atomic E-state index is 0.0174. The number of anilines is 1. The maximum atomic E-state index is 17.7. The number of carbonyl (C=O) groups is 2. The second-order valence-corrected chi connectivity index (χ2v) is 18.0. The molecule has 0 saturated carbocycles. The summed E-state index contributed by atoms with van der Waals surface area (Å²) < 4.78 is 61.9. The van der Waals surface area contributed by atoms with Crippen LogP contribution in [0.25, 0.3) is 32.8 Å². The van der Waals surface area contributed by atoms with Gasteiger partial charge in [0.25, 0.3) is 0 Å². The van der Waals surface area contributed by atoms with E-state index in [1.54, 1.807) is 38.4 Å². The van der Waals surface area contributed by atoms with Crippen LogP contribution < -0.4 is 14.4 Å². The molecular formula is C45H51ClF2N6O7. The van der Waals surface area contributed by atoms with Crippen LogP contribution in [0.1, 0.15) is 64.9 Å². The normalized spacial score (nSPS) is 22.4. The molecule has 8 rings (SSSR count). The van der Waals surface area contributed by atoms with Crippen molar-refractivity contribution < 1.29 is 42.1 Å². The molecule has 4 fully saturated rings. The number of nitrogens with zero attached hydrogens (tertiary/aromatic N) is 6. The topological polar surface area (TPSA) is 119 Å². The van der Waals surface area contributed by atoms with Crippen molar-refractivity contribution >= 4 is 51.3 Å². The number of halogens is 3.